The molecule has 9 heteroatoms. The molecule has 1 aromatic rings. The van der Waals surface area contributed by atoms with Crippen LogP contribution in [-0.4, -0.2) is 25.0 Å². The van der Waals surface area contributed by atoms with E-state index in [2.05, 4.69) is 9.88 Å². The van der Waals surface area contributed by atoms with Gasteiger partial charge in [0, 0.05) is 0 Å². The standard InChI is InChI=1S/C12H15ClFN3O3S/c13-9-4-3-8(14)7-10(9)21(19,20)17-12(11(15)16-18)5-1-2-6-12/h3-4,7,17-18H,1-2,5-6H2,(H2,15,16). The lowest BCUT2D eigenvalue weighted by Gasteiger charge is -2.28. The van der Waals surface area contributed by atoms with Crippen molar-refractivity contribution in [2.45, 2.75) is 36.1 Å². The van der Waals surface area contributed by atoms with Gasteiger partial charge in [-0.3, -0.25) is 0 Å². The second kappa shape index (κ2) is 5.78. The quantitative estimate of drug-likeness (QED) is 0.338. The summed E-state index contributed by atoms with van der Waals surface area (Å²) in [4.78, 5) is -0.374. The molecule has 21 heavy (non-hydrogen) atoms. The van der Waals surface area contributed by atoms with E-state index >= 15 is 0 Å². The number of hydrogen-bond acceptors (Lipinski definition) is 4. The third-order valence-electron chi connectivity index (χ3n) is 3.57. The molecule has 1 aromatic carbocycles. The van der Waals surface area contributed by atoms with E-state index in [1.54, 1.807) is 0 Å². The Morgan fingerprint density at radius 3 is 2.62 bits per heavy atom. The lowest BCUT2D eigenvalue weighted by Crippen LogP contribution is -2.55. The molecule has 0 aromatic heterocycles. The van der Waals surface area contributed by atoms with Crippen molar-refractivity contribution in [3.63, 3.8) is 0 Å². The lowest BCUT2D eigenvalue weighted by molar-refractivity contribution is 0.309. The molecule has 0 unspecified atom stereocenters. The summed E-state index contributed by atoms with van der Waals surface area (Å²) in [6.45, 7) is 0. The fourth-order valence-corrected chi connectivity index (χ4v) is 4.43. The second-order valence-electron chi connectivity index (χ2n) is 4.95. The average molecular weight is 336 g/mol. The number of rotatable bonds is 4. The van der Waals surface area contributed by atoms with E-state index in [9.17, 15) is 12.8 Å². The van der Waals surface area contributed by atoms with Crippen molar-refractivity contribution in [2.75, 3.05) is 0 Å². The average Bonchev–Trinajstić information content (AvgIpc) is 2.89. The van der Waals surface area contributed by atoms with Crippen molar-refractivity contribution in [1.82, 2.24) is 4.72 Å². The number of oxime groups is 1. The van der Waals surface area contributed by atoms with Gasteiger partial charge in [0.05, 0.1) is 10.6 Å². The van der Waals surface area contributed by atoms with Crippen LogP contribution in [0.15, 0.2) is 28.3 Å². The zero-order valence-corrected chi connectivity index (χ0v) is 12.6. The van der Waals surface area contributed by atoms with Gasteiger partial charge in [0.15, 0.2) is 5.84 Å². The third kappa shape index (κ3) is 3.12. The summed E-state index contributed by atoms with van der Waals surface area (Å²) in [5.41, 5.74) is 4.47. The Kier molecular flexibility index (Phi) is 4.40. The minimum absolute atomic E-state index is 0.100. The maximum Gasteiger partial charge on any atom is 0.243 e. The summed E-state index contributed by atoms with van der Waals surface area (Å²) in [5, 5.41) is 11.7. The summed E-state index contributed by atoms with van der Waals surface area (Å²) in [6.07, 6.45) is 2.26. The Balaban J connectivity index is 2.42. The van der Waals surface area contributed by atoms with Gasteiger partial charge < -0.3 is 10.9 Å². The first-order valence-electron chi connectivity index (χ1n) is 6.28. The van der Waals surface area contributed by atoms with Crippen LogP contribution in [0.4, 0.5) is 4.39 Å². The van der Waals surface area contributed by atoms with Crippen LogP contribution in [0.3, 0.4) is 0 Å². The second-order valence-corrected chi connectivity index (χ2v) is 7.01. The Hall–Kier alpha value is -1.38. The first-order valence-corrected chi connectivity index (χ1v) is 8.14. The summed E-state index contributed by atoms with van der Waals surface area (Å²) in [6, 6.07) is 3.06. The van der Waals surface area contributed by atoms with Crippen molar-refractivity contribution in [2.24, 2.45) is 10.9 Å². The van der Waals surface area contributed by atoms with Crippen LogP contribution in [0.5, 0.6) is 0 Å². The van der Waals surface area contributed by atoms with Crippen LogP contribution < -0.4 is 10.5 Å². The van der Waals surface area contributed by atoms with E-state index in [0.717, 1.165) is 31.0 Å². The number of amidine groups is 1. The van der Waals surface area contributed by atoms with E-state index < -0.39 is 21.4 Å². The van der Waals surface area contributed by atoms with Crippen molar-refractivity contribution in [3.8, 4) is 0 Å². The van der Waals surface area contributed by atoms with Crippen LogP contribution >= 0.6 is 11.6 Å². The maximum atomic E-state index is 13.3. The first-order chi connectivity index (χ1) is 9.81. The Labute approximate surface area is 126 Å². The summed E-state index contributed by atoms with van der Waals surface area (Å²) in [5.74, 6) is -0.930. The van der Waals surface area contributed by atoms with Crippen LogP contribution in [0.1, 0.15) is 25.7 Å². The minimum Gasteiger partial charge on any atom is -0.409 e. The predicted octanol–water partition coefficient (Wildman–Crippen LogP) is 1.82. The van der Waals surface area contributed by atoms with Gasteiger partial charge in [-0.25, -0.2) is 12.8 Å². The van der Waals surface area contributed by atoms with Gasteiger partial charge in [0.25, 0.3) is 0 Å². The third-order valence-corrected chi connectivity index (χ3v) is 5.59. The van der Waals surface area contributed by atoms with E-state index in [1.807, 2.05) is 0 Å². The van der Waals surface area contributed by atoms with Gasteiger partial charge in [-0.1, -0.05) is 29.6 Å². The molecule has 4 N–H and O–H groups in total. The fourth-order valence-electron chi connectivity index (χ4n) is 2.48. The molecule has 116 valence electrons. The van der Waals surface area contributed by atoms with Gasteiger partial charge in [0.2, 0.25) is 10.0 Å². The number of benzene rings is 1. The van der Waals surface area contributed by atoms with Crippen molar-refractivity contribution < 1.29 is 18.0 Å². The molecule has 0 bridgehead atoms. The highest BCUT2D eigenvalue weighted by Gasteiger charge is 2.42. The smallest absolute Gasteiger partial charge is 0.243 e. The lowest BCUT2D eigenvalue weighted by atomic mass is 9.98. The molecule has 1 fully saturated rings. The van der Waals surface area contributed by atoms with Crippen molar-refractivity contribution in [3.05, 3.63) is 29.0 Å². The van der Waals surface area contributed by atoms with E-state index in [1.165, 1.54) is 0 Å². The fraction of sp³-hybridized carbons (Fsp3) is 0.417. The summed E-state index contributed by atoms with van der Waals surface area (Å²) >= 11 is 5.83. The molecule has 6 nitrogen and oxygen atoms in total. The monoisotopic (exact) mass is 335 g/mol. The molecule has 0 spiro atoms. The normalized spacial score (nSPS) is 18.9. The zero-order valence-electron chi connectivity index (χ0n) is 11.0. The minimum atomic E-state index is -4.10. The van der Waals surface area contributed by atoms with Crippen LogP contribution in [-0.2, 0) is 10.0 Å². The van der Waals surface area contributed by atoms with Crippen molar-refractivity contribution in [1.29, 1.82) is 0 Å². The Morgan fingerprint density at radius 1 is 1.43 bits per heavy atom. The Morgan fingerprint density at radius 2 is 2.05 bits per heavy atom. The molecule has 0 radical (unpaired) electrons. The number of halogens is 2. The molecule has 1 aliphatic carbocycles. The highest BCUT2D eigenvalue weighted by atomic mass is 35.5. The maximum absolute atomic E-state index is 13.3. The van der Waals surface area contributed by atoms with Gasteiger partial charge >= 0.3 is 0 Å². The van der Waals surface area contributed by atoms with Gasteiger partial charge in [0.1, 0.15) is 10.7 Å². The van der Waals surface area contributed by atoms with Crippen LogP contribution in [0.25, 0.3) is 0 Å². The summed E-state index contributed by atoms with van der Waals surface area (Å²) < 4.78 is 40.5. The molecule has 0 amide bonds. The van der Waals surface area contributed by atoms with Gasteiger partial charge in [-0.05, 0) is 31.0 Å². The highest BCUT2D eigenvalue weighted by Crippen LogP contribution is 2.32. The topological polar surface area (TPSA) is 105 Å². The molecule has 0 aliphatic heterocycles. The molecule has 2 rings (SSSR count). The number of nitrogens with one attached hydrogen (secondary N) is 1. The van der Waals surface area contributed by atoms with Crippen LogP contribution in [0, 0.1) is 5.82 Å². The van der Waals surface area contributed by atoms with E-state index in [-0.39, 0.29) is 15.8 Å². The number of nitrogens with zero attached hydrogens (tertiary/aromatic N) is 1. The SMILES string of the molecule is N/C(=N/O)C1(NS(=O)(=O)c2cc(F)ccc2Cl)CCCC1. The van der Waals surface area contributed by atoms with Gasteiger partial charge in [-0.15, -0.1) is 0 Å². The largest absolute Gasteiger partial charge is 0.409 e. The Bertz CT molecular complexity index is 672. The molecule has 1 aliphatic rings. The van der Waals surface area contributed by atoms with Crippen molar-refractivity contribution >= 4 is 27.5 Å². The highest BCUT2D eigenvalue weighted by molar-refractivity contribution is 7.89. The first kappa shape index (κ1) is 16.0. The van der Waals surface area contributed by atoms with Gasteiger partial charge in [-0.2, -0.15) is 4.72 Å². The van der Waals surface area contributed by atoms with Crippen LogP contribution in [0.2, 0.25) is 5.02 Å². The predicted molar refractivity (Wildman–Crippen MR) is 76.3 cm³/mol. The molecular weight excluding hydrogens is 321 g/mol. The number of nitrogens with two attached hydrogens (primary N) is 1. The number of hydrogen-bond donors (Lipinski definition) is 3. The molecule has 0 heterocycles. The van der Waals surface area contributed by atoms with E-state index in [4.69, 9.17) is 22.5 Å². The molecule has 0 atom stereocenters. The molecular formula is C12H15ClFN3O3S. The summed E-state index contributed by atoms with van der Waals surface area (Å²) in [7, 11) is -4.10. The zero-order chi connectivity index (χ0) is 15.7. The number of sulfonamides is 1. The molecule has 1 saturated carbocycles. The van der Waals surface area contributed by atoms with E-state index in [0.29, 0.717) is 12.8 Å². The molecule has 0 saturated heterocycles.